The van der Waals surface area contributed by atoms with Gasteiger partial charge >= 0.3 is 5.97 Å². The molecule has 0 saturated carbocycles. The van der Waals surface area contributed by atoms with Crippen LogP contribution in [0.3, 0.4) is 0 Å². The van der Waals surface area contributed by atoms with Gasteiger partial charge in [0.1, 0.15) is 5.75 Å². The van der Waals surface area contributed by atoms with Gasteiger partial charge in [0.05, 0.1) is 13.0 Å². The highest BCUT2D eigenvalue weighted by Crippen LogP contribution is 2.33. The number of fused-ring (bicyclic) bond motifs is 1. The van der Waals surface area contributed by atoms with E-state index in [1.165, 1.54) is 24.0 Å². The van der Waals surface area contributed by atoms with E-state index in [2.05, 4.69) is 6.07 Å². The first-order valence-corrected chi connectivity index (χ1v) is 6.54. The number of ether oxygens (including phenoxy) is 1. The Hall–Kier alpha value is -1.51. The number of carboxylic acids is 1. The van der Waals surface area contributed by atoms with E-state index in [9.17, 15) is 4.79 Å². The molecule has 1 aliphatic carbocycles. The van der Waals surface area contributed by atoms with Crippen LogP contribution in [-0.2, 0) is 24.1 Å². The van der Waals surface area contributed by atoms with Crippen molar-refractivity contribution < 1.29 is 14.6 Å². The van der Waals surface area contributed by atoms with Crippen molar-refractivity contribution in [2.24, 2.45) is 5.92 Å². The molecule has 0 aromatic heterocycles. The van der Waals surface area contributed by atoms with E-state index in [1.807, 2.05) is 6.07 Å². The Morgan fingerprint density at radius 3 is 2.78 bits per heavy atom. The molecule has 1 N–H and O–H groups in total. The van der Waals surface area contributed by atoms with Crippen LogP contribution >= 0.6 is 0 Å². The molecular weight excluding hydrogens is 228 g/mol. The van der Waals surface area contributed by atoms with Crippen molar-refractivity contribution in [2.45, 2.75) is 39.0 Å². The van der Waals surface area contributed by atoms with Gasteiger partial charge in [-0.3, -0.25) is 4.79 Å². The van der Waals surface area contributed by atoms with Crippen LogP contribution in [0.15, 0.2) is 12.1 Å². The maximum atomic E-state index is 11.0. The van der Waals surface area contributed by atoms with Crippen LogP contribution in [0, 0.1) is 5.92 Å². The van der Waals surface area contributed by atoms with Crippen molar-refractivity contribution >= 4 is 5.97 Å². The predicted molar refractivity (Wildman–Crippen MR) is 70.1 cm³/mol. The predicted octanol–water partition coefficient (Wildman–Crippen LogP) is 2.84. The summed E-state index contributed by atoms with van der Waals surface area (Å²) in [5, 5.41) is 9.00. The minimum Gasteiger partial charge on any atom is -0.496 e. The van der Waals surface area contributed by atoms with Crippen molar-refractivity contribution in [1.82, 2.24) is 0 Å². The summed E-state index contributed by atoms with van der Waals surface area (Å²) >= 11 is 0. The summed E-state index contributed by atoms with van der Waals surface area (Å²) in [6.07, 6.45) is 5.13. The summed E-state index contributed by atoms with van der Waals surface area (Å²) in [5.41, 5.74) is 3.68. The van der Waals surface area contributed by atoms with Crippen LogP contribution in [0.4, 0.5) is 0 Å². The second-order valence-corrected chi connectivity index (χ2v) is 5.05. The summed E-state index contributed by atoms with van der Waals surface area (Å²) < 4.78 is 5.53. The van der Waals surface area contributed by atoms with E-state index in [1.54, 1.807) is 14.0 Å². The highest BCUT2D eigenvalue weighted by atomic mass is 16.5. The quantitative estimate of drug-likeness (QED) is 0.891. The molecule has 3 heteroatoms. The van der Waals surface area contributed by atoms with Gasteiger partial charge in [0.2, 0.25) is 0 Å². The number of hydrogen-bond acceptors (Lipinski definition) is 2. The number of carbonyl (C=O) groups is 1. The Bertz CT molecular complexity index is 451. The second kappa shape index (κ2) is 5.42. The molecule has 1 aromatic rings. The first-order chi connectivity index (χ1) is 8.63. The van der Waals surface area contributed by atoms with Gasteiger partial charge in [0.15, 0.2) is 0 Å². The van der Waals surface area contributed by atoms with Crippen LogP contribution in [-0.4, -0.2) is 18.2 Å². The van der Waals surface area contributed by atoms with Gasteiger partial charge in [-0.25, -0.2) is 0 Å². The molecule has 0 bridgehead atoms. The van der Waals surface area contributed by atoms with Crippen LogP contribution in [0.1, 0.15) is 36.5 Å². The molecule has 1 aliphatic rings. The molecule has 98 valence electrons. The standard InChI is InChI=1S/C15H20O3/c1-10(15(16)17)9-12-8-7-11-5-3-4-6-13(11)14(12)18-2/h7-8,10H,3-6,9H2,1-2H3,(H,16,17). The minimum absolute atomic E-state index is 0.374. The van der Waals surface area contributed by atoms with Crippen LogP contribution in [0.5, 0.6) is 5.75 Å². The van der Waals surface area contributed by atoms with Gasteiger partial charge in [0, 0.05) is 0 Å². The Balaban J connectivity index is 2.33. The number of aryl methyl sites for hydroxylation is 1. The van der Waals surface area contributed by atoms with Crippen molar-refractivity contribution in [2.75, 3.05) is 7.11 Å². The molecule has 0 heterocycles. The van der Waals surface area contributed by atoms with E-state index >= 15 is 0 Å². The first kappa shape index (κ1) is 12.9. The lowest BCUT2D eigenvalue weighted by Gasteiger charge is -2.21. The monoisotopic (exact) mass is 248 g/mol. The van der Waals surface area contributed by atoms with E-state index in [0.29, 0.717) is 6.42 Å². The normalized spacial score (nSPS) is 15.9. The van der Waals surface area contributed by atoms with Crippen molar-refractivity contribution in [3.05, 3.63) is 28.8 Å². The summed E-state index contributed by atoms with van der Waals surface area (Å²) in [6, 6.07) is 4.17. The van der Waals surface area contributed by atoms with Gasteiger partial charge in [-0.05, 0) is 48.8 Å². The maximum Gasteiger partial charge on any atom is 0.306 e. The largest absolute Gasteiger partial charge is 0.496 e. The van der Waals surface area contributed by atoms with Crippen LogP contribution in [0.2, 0.25) is 0 Å². The van der Waals surface area contributed by atoms with Gasteiger partial charge in [-0.1, -0.05) is 19.1 Å². The zero-order valence-electron chi connectivity index (χ0n) is 11.0. The molecule has 1 aromatic carbocycles. The summed E-state index contributed by atoms with van der Waals surface area (Å²) in [6.45, 7) is 1.74. The Morgan fingerprint density at radius 1 is 1.39 bits per heavy atom. The SMILES string of the molecule is COc1c(CC(C)C(=O)O)ccc2c1CCCC2. The molecule has 1 atom stereocenters. The smallest absolute Gasteiger partial charge is 0.306 e. The van der Waals surface area contributed by atoms with E-state index < -0.39 is 5.97 Å². The lowest BCUT2D eigenvalue weighted by atomic mass is 9.87. The Kier molecular flexibility index (Phi) is 3.90. The number of methoxy groups -OCH3 is 1. The van der Waals surface area contributed by atoms with Gasteiger partial charge in [-0.2, -0.15) is 0 Å². The Morgan fingerprint density at radius 2 is 2.11 bits per heavy atom. The third-order valence-electron chi connectivity index (χ3n) is 3.71. The highest BCUT2D eigenvalue weighted by molar-refractivity contribution is 5.70. The molecule has 0 fully saturated rings. The maximum absolute atomic E-state index is 11.0. The highest BCUT2D eigenvalue weighted by Gasteiger charge is 2.20. The number of carboxylic acid groups (broad SMARTS) is 1. The fraction of sp³-hybridized carbons (Fsp3) is 0.533. The van der Waals surface area contributed by atoms with E-state index in [-0.39, 0.29) is 5.92 Å². The third kappa shape index (κ3) is 2.50. The number of benzene rings is 1. The molecule has 0 spiro atoms. The van der Waals surface area contributed by atoms with Crippen molar-refractivity contribution in [3.63, 3.8) is 0 Å². The van der Waals surface area contributed by atoms with Crippen molar-refractivity contribution in [1.29, 1.82) is 0 Å². The molecule has 2 rings (SSSR count). The number of aliphatic carboxylic acids is 1. The van der Waals surface area contributed by atoms with Gasteiger partial charge in [-0.15, -0.1) is 0 Å². The topological polar surface area (TPSA) is 46.5 Å². The lowest BCUT2D eigenvalue weighted by molar-refractivity contribution is -0.141. The Labute approximate surface area is 108 Å². The molecule has 0 amide bonds. The van der Waals surface area contributed by atoms with E-state index in [0.717, 1.165) is 24.2 Å². The molecule has 0 saturated heterocycles. The van der Waals surface area contributed by atoms with Gasteiger partial charge < -0.3 is 9.84 Å². The molecule has 18 heavy (non-hydrogen) atoms. The second-order valence-electron chi connectivity index (χ2n) is 5.05. The van der Waals surface area contributed by atoms with Gasteiger partial charge in [0.25, 0.3) is 0 Å². The third-order valence-corrected chi connectivity index (χ3v) is 3.71. The van der Waals surface area contributed by atoms with E-state index in [4.69, 9.17) is 9.84 Å². The zero-order chi connectivity index (χ0) is 13.1. The minimum atomic E-state index is -0.755. The molecule has 0 radical (unpaired) electrons. The number of rotatable bonds is 4. The first-order valence-electron chi connectivity index (χ1n) is 6.54. The number of hydrogen-bond donors (Lipinski definition) is 1. The zero-order valence-corrected chi connectivity index (χ0v) is 11.0. The fourth-order valence-electron chi connectivity index (χ4n) is 2.67. The molecule has 1 unspecified atom stereocenters. The average Bonchev–Trinajstić information content (AvgIpc) is 2.38. The summed E-state index contributed by atoms with van der Waals surface area (Å²) in [5.74, 6) is -0.212. The molecule has 0 aliphatic heterocycles. The van der Waals surface area contributed by atoms with Crippen molar-refractivity contribution in [3.8, 4) is 5.75 Å². The molecule has 3 nitrogen and oxygen atoms in total. The molecular formula is C15H20O3. The lowest BCUT2D eigenvalue weighted by Crippen LogP contribution is -2.14. The van der Waals surface area contributed by atoms with Crippen LogP contribution < -0.4 is 4.74 Å². The van der Waals surface area contributed by atoms with Crippen LogP contribution in [0.25, 0.3) is 0 Å². The average molecular weight is 248 g/mol. The summed E-state index contributed by atoms with van der Waals surface area (Å²) in [7, 11) is 1.68. The fourth-order valence-corrected chi connectivity index (χ4v) is 2.67. The summed E-state index contributed by atoms with van der Waals surface area (Å²) in [4.78, 5) is 11.0.